The van der Waals surface area contributed by atoms with Crippen LogP contribution in [0.1, 0.15) is 24.0 Å². The molecule has 0 spiro atoms. The van der Waals surface area contributed by atoms with Gasteiger partial charge in [-0.25, -0.2) is 10.9 Å². The van der Waals surface area contributed by atoms with Crippen LogP contribution in [-0.4, -0.2) is 24.2 Å². The maximum Gasteiger partial charge on any atom is 0.240 e. The van der Waals surface area contributed by atoms with Crippen LogP contribution < -0.4 is 10.9 Å². The zero-order chi connectivity index (χ0) is 18.8. The van der Waals surface area contributed by atoms with E-state index in [-0.39, 0.29) is 24.7 Å². The molecule has 0 aliphatic heterocycles. The van der Waals surface area contributed by atoms with Crippen LogP contribution in [0, 0.1) is 0 Å². The largest absolute Gasteiger partial charge is 0.273 e. The van der Waals surface area contributed by atoms with E-state index in [2.05, 4.69) is 21.1 Å². The van der Waals surface area contributed by atoms with Gasteiger partial charge in [-0.3, -0.25) is 9.59 Å². The van der Waals surface area contributed by atoms with E-state index in [0.29, 0.717) is 10.0 Å². The molecule has 0 radical (unpaired) electrons. The number of carbonyl (C=O) groups is 2. The van der Waals surface area contributed by atoms with Crippen LogP contribution >= 0.6 is 23.2 Å². The number of nitrogens with one attached hydrogen (secondary N) is 2. The third kappa shape index (κ3) is 7.46. The Morgan fingerprint density at radius 3 is 1.62 bits per heavy atom. The SMILES string of the molecule is O=C(CCC(=O)NN=Cc1cccc(Cl)c1)NN=Cc1cccc(Cl)c1. The lowest BCUT2D eigenvalue weighted by Crippen LogP contribution is -2.22. The Kier molecular flexibility index (Phi) is 7.79. The first-order valence-corrected chi connectivity index (χ1v) is 8.43. The third-order valence-electron chi connectivity index (χ3n) is 3.08. The molecule has 2 N–H and O–H groups in total. The van der Waals surface area contributed by atoms with Crippen molar-refractivity contribution in [2.24, 2.45) is 10.2 Å². The predicted octanol–water partition coefficient (Wildman–Crippen LogP) is 3.37. The summed E-state index contributed by atoms with van der Waals surface area (Å²) < 4.78 is 0. The van der Waals surface area contributed by atoms with Gasteiger partial charge < -0.3 is 0 Å². The van der Waals surface area contributed by atoms with Gasteiger partial charge in [-0.2, -0.15) is 10.2 Å². The lowest BCUT2D eigenvalue weighted by molar-refractivity contribution is -0.126. The lowest BCUT2D eigenvalue weighted by atomic mass is 10.2. The Morgan fingerprint density at radius 1 is 0.808 bits per heavy atom. The van der Waals surface area contributed by atoms with E-state index in [9.17, 15) is 9.59 Å². The maximum atomic E-state index is 11.7. The molecule has 2 aromatic rings. The highest BCUT2D eigenvalue weighted by atomic mass is 35.5. The number of benzene rings is 2. The van der Waals surface area contributed by atoms with Crippen molar-refractivity contribution in [1.29, 1.82) is 0 Å². The van der Waals surface area contributed by atoms with Crippen LogP contribution in [0.15, 0.2) is 58.7 Å². The standard InChI is InChI=1S/C18H16Cl2N4O2/c19-15-5-1-3-13(9-15)11-21-23-17(25)7-8-18(26)24-22-12-14-4-2-6-16(20)10-14/h1-6,9-12H,7-8H2,(H,23,25)(H,24,26). The van der Waals surface area contributed by atoms with Gasteiger partial charge in [0.2, 0.25) is 11.8 Å². The number of rotatable bonds is 7. The number of carbonyl (C=O) groups excluding carboxylic acids is 2. The van der Waals surface area contributed by atoms with Crippen molar-refractivity contribution in [3.05, 3.63) is 69.7 Å². The summed E-state index contributed by atoms with van der Waals surface area (Å²) in [6.07, 6.45) is 2.93. The summed E-state index contributed by atoms with van der Waals surface area (Å²) in [5.74, 6) is -0.755. The molecule has 2 amide bonds. The number of amides is 2. The van der Waals surface area contributed by atoms with E-state index in [4.69, 9.17) is 23.2 Å². The van der Waals surface area contributed by atoms with Gasteiger partial charge in [0.25, 0.3) is 0 Å². The molecule has 2 rings (SSSR count). The van der Waals surface area contributed by atoms with E-state index in [1.807, 2.05) is 0 Å². The molecule has 134 valence electrons. The minimum Gasteiger partial charge on any atom is -0.273 e. The van der Waals surface area contributed by atoms with Crippen LogP contribution in [0.2, 0.25) is 10.0 Å². The molecule has 0 bridgehead atoms. The number of halogens is 2. The highest BCUT2D eigenvalue weighted by molar-refractivity contribution is 6.31. The topological polar surface area (TPSA) is 82.9 Å². The molecule has 0 saturated heterocycles. The summed E-state index contributed by atoms with van der Waals surface area (Å²) in [6.45, 7) is 0. The van der Waals surface area contributed by atoms with E-state index >= 15 is 0 Å². The van der Waals surface area contributed by atoms with Gasteiger partial charge in [0.1, 0.15) is 0 Å². The minimum atomic E-state index is -0.378. The first-order chi connectivity index (χ1) is 12.5. The summed E-state index contributed by atoms with van der Waals surface area (Å²) in [5, 5.41) is 8.79. The van der Waals surface area contributed by atoms with Crippen LogP contribution in [-0.2, 0) is 9.59 Å². The molecule has 0 aliphatic carbocycles. The van der Waals surface area contributed by atoms with E-state index in [1.165, 1.54) is 12.4 Å². The second-order valence-electron chi connectivity index (χ2n) is 5.20. The average molecular weight is 391 g/mol. The molecule has 0 unspecified atom stereocenters. The molecule has 0 heterocycles. The fourth-order valence-electron chi connectivity index (χ4n) is 1.87. The second kappa shape index (κ2) is 10.3. The Balaban J connectivity index is 1.69. The molecule has 8 heteroatoms. The molecule has 0 aromatic heterocycles. The molecule has 0 atom stereocenters. The second-order valence-corrected chi connectivity index (χ2v) is 6.07. The van der Waals surface area contributed by atoms with E-state index in [0.717, 1.165) is 11.1 Å². The molecule has 0 aliphatic rings. The van der Waals surface area contributed by atoms with Crippen molar-refractivity contribution < 1.29 is 9.59 Å². The van der Waals surface area contributed by atoms with Crippen LogP contribution in [0.25, 0.3) is 0 Å². The first kappa shape index (κ1) is 19.6. The molecule has 2 aromatic carbocycles. The van der Waals surface area contributed by atoms with Crippen molar-refractivity contribution in [2.45, 2.75) is 12.8 Å². The summed E-state index contributed by atoms with van der Waals surface area (Å²) in [5.41, 5.74) is 6.21. The van der Waals surface area contributed by atoms with Gasteiger partial charge in [-0.1, -0.05) is 47.5 Å². The number of hydrogen-bond acceptors (Lipinski definition) is 4. The van der Waals surface area contributed by atoms with Crippen molar-refractivity contribution in [3.8, 4) is 0 Å². The van der Waals surface area contributed by atoms with Gasteiger partial charge in [0.15, 0.2) is 0 Å². The average Bonchev–Trinajstić information content (AvgIpc) is 2.60. The Hall–Kier alpha value is -2.70. The Bertz CT molecular complexity index is 768. The first-order valence-electron chi connectivity index (χ1n) is 7.68. The predicted molar refractivity (Wildman–Crippen MR) is 104 cm³/mol. The van der Waals surface area contributed by atoms with E-state index in [1.54, 1.807) is 48.5 Å². The summed E-state index contributed by atoms with van der Waals surface area (Å²) in [7, 11) is 0. The van der Waals surface area contributed by atoms with Gasteiger partial charge in [-0.15, -0.1) is 0 Å². The van der Waals surface area contributed by atoms with E-state index < -0.39 is 0 Å². The third-order valence-corrected chi connectivity index (χ3v) is 3.55. The minimum absolute atomic E-state index is 0.00853. The fraction of sp³-hybridized carbons (Fsp3) is 0.111. The molecule has 0 saturated carbocycles. The summed E-state index contributed by atoms with van der Waals surface area (Å²) in [4.78, 5) is 23.3. The highest BCUT2D eigenvalue weighted by Gasteiger charge is 2.05. The number of nitrogens with zero attached hydrogens (tertiary/aromatic N) is 2. The fourth-order valence-corrected chi connectivity index (χ4v) is 2.27. The van der Waals surface area contributed by atoms with Crippen molar-refractivity contribution >= 4 is 47.4 Å². The normalized spacial score (nSPS) is 11.0. The molecular formula is C18H16Cl2N4O2. The van der Waals surface area contributed by atoms with Crippen molar-refractivity contribution in [1.82, 2.24) is 10.9 Å². The van der Waals surface area contributed by atoms with Gasteiger partial charge in [0, 0.05) is 22.9 Å². The van der Waals surface area contributed by atoms with Gasteiger partial charge >= 0.3 is 0 Å². The smallest absolute Gasteiger partial charge is 0.240 e. The molecule has 6 nitrogen and oxygen atoms in total. The zero-order valence-corrected chi connectivity index (χ0v) is 15.2. The summed E-state index contributed by atoms with van der Waals surface area (Å²) in [6, 6.07) is 14.1. The number of hydrogen-bond donors (Lipinski definition) is 2. The zero-order valence-electron chi connectivity index (χ0n) is 13.7. The van der Waals surface area contributed by atoms with Gasteiger partial charge in [-0.05, 0) is 35.4 Å². The Morgan fingerprint density at radius 2 is 1.23 bits per heavy atom. The molecule has 26 heavy (non-hydrogen) atoms. The monoisotopic (exact) mass is 390 g/mol. The van der Waals surface area contributed by atoms with Gasteiger partial charge in [0.05, 0.1) is 12.4 Å². The Labute approximate surface area is 160 Å². The van der Waals surface area contributed by atoms with Crippen LogP contribution in [0.3, 0.4) is 0 Å². The molecule has 0 fully saturated rings. The summed E-state index contributed by atoms with van der Waals surface area (Å²) >= 11 is 11.7. The molecular weight excluding hydrogens is 375 g/mol. The maximum absolute atomic E-state index is 11.7. The van der Waals surface area contributed by atoms with Crippen LogP contribution in [0.5, 0.6) is 0 Å². The van der Waals surface area contributed by atoms with Crippen molar-refractivity contribution in [3.63, 3.8) is 0 Å². The van der Waals surface area contributed by atoms with Crippen molar-refractivity contribution in [2.75, 3.05) is 0 Å². The quantitative estimate of drug-likeness (QED) is 0.560. The van der Waals surface area contributed by atoms with Crippen LogP contribution in [0.4, 0.5) is 0 Å². The lowest BCUT2D eigenvalue weighted by Gasteiger charge is -2.00. The highest BCUT2D eigenvalue weighted by Crippen LogP contribution is 2.09. The number of hydrazone groups is 2.